The number of oxime groups is 1. The van der Waals surface area contributed by atoms with E-state index in [4.69, 9.17) is 16.4 Å². The van der Waals surface area contributed by atoms with E-state index in [1.165, 1.54) is 5.54 Å². The van der Waals surface area contributed by atoms with Crippen molar-refractivity contribution in [2.75, 3.05) is 12.4 Å². The number of sulfone groups is 1. The Kier molecular flexibility index (Phi) is 8.65. The first-order valence-electron chi connectivity index (χ1n) is 8.38. The number of carbonyl (C=O) groups excluding carboxylic acids is 1. The molecule has 0 heterocycles. The van der Waals surface area contributed by atoms with Gasteiger partial charge < -0.3 is 9.94 Å². The molecule has 6 nitrogen and oxygen atoms in total. The quantitative estimate of drug-likeness (QED) is 0.368. The van der Waals surface area contributed by atoms with E-state index in [9.17, 15) is 18.3 Å². The average molecular weight is 392 g/mol. The monoisotopic (exact) mass is 391 g/mol. The Bertz CT molecular complexity index is 667. The van der Waals surface area contributed by atoms with Crippen molar-refractivity contribution < 1.29 is 23.2 Å². The molecule has 0 saturated carbocycles. The molecule has 0 aromatic heterocycles. The summed E-state index contributed by atoms with van der Waals surface area (Å²) in [4.78, 5) is 17.5. The molecule has 0 radical (unpaired) electrons. The molecule has 0 amide bonds. The fourth-order valence-electron chi connectivity index (χ4n) is 2.85. The highest BCUT2D eigenvalue weighted by molar-refractivity contribution is 7.91. The normalized spacial score (nSPS) is 21.0. The highest BCUT2D eigenvalue weighted by Crippen LogP contribution is 2.31. The van der Waals surface area contributed by atoms with Crippen LogP contribution in [-0.2, 0) is 19.5 Å². The van der Waals surface area contributed by atoms with Crippen molar-refractivity contribution in [1.29, 1.82) is 0 Å². The van der Waals surface area contributed by atoms with E-state index in [1.807, 2.05) is 6.92 Å². The van der Waals surface area contributed by atoms with Crippen molar-refractivity contribution >= 4 is 32.9 Å². The molecule has 0 fully saturated rings. The van der Waals surface area contributed by atoms with Crippen LogP contribution in [0.4, 0.5) is 0 Å². The van der Waals surface area contributed by atoms with Gasteiger partial charge >= 0.3 is 0 Å². The predicted molar refractivity (Wildman–Crippen MR) is 99.6 cm³/mol. The maximum Gasteiger partial charge on any atom is 0.168 e. The van der Waals surface area contributed by atoms with Crippen molar-refractivity contribution in [3.63, 3.8) is 0 Å². The highest BCUT2D eigenvalue weighted by Gasteiger charge is 2.33. The molecule has 1 rings (SSSR count). The SMILES string of the molecule is CC/C(=N\OC/C=C/Cl)C1=C(O)CC(CC(C)S(=O)(=O)CC)CC1=O. The van der Waals surface area contributed by atoms with Gasteiger partial charge in [0.15, 0.2) is 15.6 Å². The third kappa shape index (κ3) is 6.15. The lowest BCUT2D eigenvalue weighted by Crippen LogP contribution is -2.29. The maximum atomic E-state index is 12.5. The van der Waals surface area contributed by atoms with E-state index in [0.29, 0.717) is 18.6 Å². The second kappa shape index (κ2) is 9.97. The van der Waals surface area contributed by atoms with Gasteiger partial charge in [0.25, 0.3) is 0 Å². The summed E-state index contributed by atoms with van der Waals surface area (Å²) in [5.74, 6) is -0.389. The third-order valence-corrected chi connectivity index (χ3v) is 6.66. The number of halogens is 1. The number of aliphatic hydroxyl groups excluding tert-OH is 1. The van der Waals surface area contributed by atoms with Crippen LogP contribution in [0.15, 0.2) is 28.1 Å². The average Bonchev–Trinajstić information content (AvgIpc) is 2.56. The minimum atomic E-state index is -3.15. The lowest BCUT2D eigenvalue weighted by atomic mass is 9.82. The second-order valence-electron chi connectivity index (χ2n) is 6.07. The topological polar surface area (TPSA) is 93.0 Å². The Balaban J connectivity index is 2.89. The molecular formula is C17H26ClNO5S. The number of allylic oxidation sites excluding steroid dienone is 2. The van der Waals surface area contributed by atoms with Gasteiger partial charge in [0.2, 0.25) is 0 Å². The molecule has 0 bridgehead atoms. The molecular weight excluding hydrogens is 366 g/mol. The fourth-order valence-corrected chi connectivity index (χ4v) is 4.06. The molecule has 2 atom stereocenters. The number of aliphatic hydroxyl groups is 1. The lowest BCUT2D eigenvalue weighted by molar-refractivity contribution is -0.116. The smallest absolute Gasteiger partial charge is 0.168 e. The van der Waals surface area contributed by atoms with Crippen LogP contribution in [0.2, 0.25) is 0 Å². The van der Waals surface area contributed by atoms with Crippen LogP contribution in [0.1, 0.15) is 46.5 Å². The Morgan fingerprint density at radius 1 is 1.44 bits per heavy atom. The van der Waals surface area contributed by atoms with Gasteiger partial charge in [0.1, 0.15) is 12.4 Å². The molecule has 8 heteroatoms. The van der Waals surface area contributed by atoms with Crippen molar-refractivity contribution in [1.82, 2.24) is 0 Å². The van der Waals surface area contributed by atoms with Crippen LogP contribution in [0.5, 0.6) is 0 Å². The van der Waals surface area contributed by atoms with E-state index in [-0.39, 0.29) is 48.2 Å². The van der Waals surface area contributed by atoms with Gasteiger partial charge in [-0.05, 0) is 31.8 Å². The molecule has 0 aromatic rings. The molecule has 1 N–H and O–H groups in total. The second-order valence-corrected chi connectivity index (χ2v) is 9.03. The van der Waals surface area contributed by atoms with Gasteiger partial charge in [-0.3, -0.25) is 4.79 Å². The van der Waals surface area contributed by atoms with Crippen molar-refractivity contribution in [3.05, 3.63) is 22.9 Å². The molecule has 0 aliphatic heterocycles. The largest absolute Gasteiger partial charge is 0.511 e. The van der Waals surface area contributed by atoms with E-state index in [1.54, 1.807) is 19.9 Å². The Labute approximate surface area is 154 Å². The van der Waals surface area contributed by atoms with E-state index in [2.05, 4.69) is 5.16 Å². The first-order chi connectivity index (χ1) is 11.8. The minimum Gasteiger partial charge on any atom is -0.511 e. The van der Waals surface area contributed by atoms with Gasteiger partial charge in [-0.1, -0.05) is 30.6 Å². The summed E-state index contributed by atoms with van der Waals surface area (Å²) in [6.45, 7) is 5.24. The van der Waals surface area contributed by atoms with Crippen LogP contribution >= 0.6 is 11.6 Å². The molecule has 1 aliphatic carbocycles. The maximum absolute atomic E-state index is 12.5. The van der Waals surface area contributed by atoms with Crippen molar-refractivity contribution in [2.45, 2.75) is 51.7 Å². The molecule has 0 aromatic carbocycles. The molecule has 0 saturated heterocycles. The number of hydrogen-bond acceptors (Lipinski definition) is 6. The zero-order valence-corrected chi connectivity index (χ0v) is 16.4. The molecule has 142 valence electrons. The number of nitrogens with zero attached hydrogens (tertiary/aromatic N) is 1. The van der Waals surface area contributed by atoms with Gasteiger partial charge in [-0.25, -0.2) is 8.42 Å². The summed E-state index contributed by atoms with van der Waals surface area (Å²) in [6.07, 6.45) is 2.81. The standard InChI is InChI=1S/C17H26ClNO5S/c1-4-14(19-24-8-6-7-18)17-15(20)10-13(11-16(17)21)9-12(3)25(22,23)5-2/h6-7,12-13,20H,4-5,8-11H2,1-3H3/b7-6+,19-14+. The van der Waals surface area contributed by atoms with Gasteiger partial charge in [0.05, 0.1) is 16.5 Å². The summed E-state index contributed by atoms with van der Waals surface area (Å²) >= 11 is 5.39. The number of ketones is 1. The molecule has 1 aliphatic rings. The Morgan fingerprint density at radius 3 is 2.64 bits per heavy atom. The summed E-state index contributed by atoms with van der Waals surface area (Å²) in [7, 11) is -3.15. The van der Waals surface area contributed by atoms with E-state index < -0.39 is 15.1 Å². The summed E-state index contributed by atoms with van der Waals surface area (Å²) < 4.78 is 23.8. The molecule has 2 unspecified atom stereocenters. The van der Waals surface area contributed by atoms with Crippen LogP contribution in [0.25, 0.3) is 0 Å². The Hall–Kier alpha value is -1.34. The highest BCUT2D eigenvalue weighted by atomic mass is 35.5. The predicted octanol–water partition coefficient (Wildman–Crippen LogP) is 3.53. The fraction of sp³-hybridized carbons (Fsp3) is 0.647. The van der Waals surface area contributed by atoms with Crippen molar-refractivity contribution in [2.24, 2.45) is 11.1 Å². The summed E-state index contributed by atoms with van der Waals surface area (Å²) in [5, 5.41) is 13.7. The lowest BCUT2D eigenvalue weighted by Gasteiger charge is -2.25. The number of rotatable bonds is 9. The summed E-state index contributed by atoms with van der Waals surface area (Å²) in [5.41, 5.74) is 1.89. The zero-order chi connectivity index (χ0) is 19.0. The van der Waals surface area contributed by atoms with Gasteiger partial charge in [0, 0.05) is 24.1 Å². The molecule has 0 spiro atoms. The number of hydrogen-bond donors (Lipinski definition) is 1. The molecule has 25 heavy (non-hydrogen) atoms. The van der Waals surface area contributed by atoms with E-state index >= 15 is 0 Å². The number of carbonyl (C=O) groups is 1. The van der Waals surface area contributed by atoms with Gasteiger partial charge in [-0.15, -0.1) is 0 Å². The zero-order valence-electron chi connectivity index (χ0n) is 14.9. The van der Waals surface area contributed by atoms with Crippen LogP contribution in [-0.4, -0.2) is 42.6 Å². The van der Waals surface area contributed by atoms with Crippen LogP contribution in [0.3, 0.4) is 0 Å². The van der Waals surface area contributed by atoms with Gasteiger partial charge in [-0.2, -0.15) is 0 Å². The van der Waals surface area contributed by atoms with Crippen molar-refractivity contribution in [3.8, 4) is 0 Å². The van der Waals surface area contributed by atoms with E-state index in [0.717, 1.165) is 0 Å². The third-order valence-electron chi connectivity index (χ3n) is 4.26. The first kappa shape index (κ1) is 21.7. The van der Waals surface area contributed by atoms with Crippen LogP contribution in [0, 0.1) is 5.92 Å². The van der Waals surface area contributed by atoms with Crippen LogP contribution < -0.4 is 0 Å². The number of Topliss-reactive ketones (excluding diaryl/α,β-unsaturated/α-hetero) is 1. The minimum absolute atomic E-state index is 0.0422. The Morgan fingerprint density at radius 2 is 2.12 bits per heavy atom. The first-order valence-corrected chi connectivity index (χ1v) is 10.5. The summed E-state index contributed by atoms with van der Waals surface area (Å²) in [6, 6.07) is 0.